The molecule has 1 aromatic carbocycles. The van der Waals surface area contributed by atoms with E-state index in [0.717, 1.165) is 12.8 Å². The monoisotopic (exact) mass is 216 g/mol. The molecule has 1 atom stereocenters. The van der Waals surface area contributed by atoms with E-state index in [-0.39, 0.29) is 11.7 Å². The summed E-state index contributed by atoms with van der Waals surface area (Å²) in [5, 5.41) is 0. The number of ketones is 1. The quantitative estimate of drug-likeness (QED) is 0.726. The lowest BCUT2D eigenvalue weighted by Gasteiger charge is -2.06. The van der Waals surface area contributed by atoms with E-state index in [0.29, 0.717) is 0 Å². The van der Waals surface area contributed by atoms with Crippen LogP contribution in [-0.2, 0) is 4.79 Å². The Bertz CT molecular complexity index is 360. The van der Waals surface area contributed by atoms with E-state index < -0.39 is 0 Å². The Morgan fingerprint density at radius 2 is 1.94 bits per heavy atom. The third-order valence-electron chi connectivity index (χ3n) is 2.88. The van der Waals surface area contributed by atoms with Crippen LogP contribution in [0, 0.1) is 12.8 Å². The summed E-state index contributed by atoms with van der Waals surface area (Å²) in [6, 6.07) is 8.39. The van der Waals surface area contributed by atoms with Gasteiger partial charge in [0.2, 0.25) is 0 Å². The van der Waals surface area contributed by atoms with Crippen LogP contribution in [0.4, 0.5) is 0 Å². The normalized spacial score (nSPS) is 12.9. The molecule has 0 saturated carbocycles. The van der Waals surface area contributed by atoms with Crippen LogP contribution in [0.2, 0.25) is 0 Å². The Morgan fingerprint density at radius 1 is 1.31 bits per heavy atom. The van der Waals surface area contributed by atoms with Crippen molar-refractivity contribution in [3.8, 4) is 0 Å². The number of Topliss-reactive ketones (excluding diaryl/α,β-unsaturated/α-hetero) is 1. The van der Waals surface area contributed by atoms with Gasteiger partial charge < -0.3 is 0 Å². The molecule has 0 spiro atoms. The van der Waals surface area contributed by atoms with Gasteiger partial charge in [-0.05, 0) is 32.3 Å². The Morgan fingerprint density at radius 3 is 2.44 bits per heavy atom. The summed E-state index contributed by atoms with van der Waals surface area (Å²) in [6.45, 7) is 5.82. The minimum Gasteiger partial charge on any atom is -0.300 e. The van der Waals surface area contributed by atoms with Crippen LogP contribution in [0.15, 0.2) is 30.3 Å². The SMILES string of the molecule is CCC(CC=Cc1ccc(C)cc1)C(C)=O. The zero-order chi connectivity index (χ0) is 12.0. The number of hydrogen-bond donors (Lipinski definition) is 0. The first kappa shape index (κ1) is 12.7. The number of aryl methyl sites for hydroxylation is 1. The van der Waals surface area contributed by atoms with Crippen LogP contribution in [0.1, 0.15) is 37.8 Å². The summed E-state index contributed by atoms with van der Waals surface area (Å²) in [6.07, 6.45) is 5.96. The fraction of sp³-hybridized carbons (Fsp3) is 0.400. The van der Waals surface area contributed by atoms with Gasteiger partial charge in [0, 0.05) is 5.92 Å². The van der Waals surface area contributed by atoms with Crippen molar-refractivity contribution in [3.63, 3.8) is 0 Å². The van der Waals surface area contributed by atoms with E-state index in [1.165, 1.54) is 11.1 Å². The molecule has 1 rings (SSSR count). The van der Waals surface area contributed by atoms with Crippen molar-refractivity contribution >= 4 is 11.9 Å². The lowest BCUT2D eigenvalue weighted by Crippen LogP contribution is -2.07. The Kier molecular flexibility index (Phi) is 4.97. The first-order chi connectivity index (χ1) is 7.63. The summed E-state index contributed by atoms with van der Waals surface area (Å²) in [7, 11) is 0. The number of rotatable bonds is 5. The number of carbonyl (C=O) groups is 1. The van der Waals surface area contributed by atoms with Crippen molar-refractivity contribution in [2.45, 2.75) is 33.6 Å². The molecule has 1 aromatic rings. The molecule has 0 aromatic heterocycles. The lowest BCUT2D eigenvalue weighted by molar-refractivity contribution is -0.120. The van der Waals surface area contributed by atoms with Crippen molar-refractivity contribution in [1.29, 1.82) is 0 Å². The molecule has 0 aliphatic heterocycles. The summed E-state index contributed by atoms with van der Waals surface area (Å²) in [5.41, 5.74) is 2.47. The standard InChI is InChI=1S/C15H20O/c1-4-15(13(3)16)7-5-6-14-10-8-12(2)9-11-14/h5-6,8-11,15H,4,7H2,1-3H3. The van der Waals surface area contributed by atoms with E-state index in [1.54, 1.807) is 6.92 Å². The third-order valence-corrected chi connectivity index (χ3v) is 2.88. The fourth-order valence-corrected chi connectivity index (χ4v) is 1.67. The van der Waals surface area contributed by atoms with Crippen molar-refractivity contribution in [1.82, 2.24) is 0 Å². The molecule has 1 heteroatoms. The molecule has 0 amide bonds. The molecule has 0 heterocycles. The summed E-state index contributed by atoms with van der Waals surface area (Å²) in [5.74, 6) is 0.470. The van der Waals surface area contributed by atoms with E-state index in [9.17, 15) is 4.79 Å². The molecule has 0 bridgehead atoms. The summed E-state index contributed by atoms with van der Waals surface area (Å²) < 4.78 is 0. The van der Waals surface area contributed by atoms with Gasteiger partial charge in [-0.2, -0.15) is 0 Å². The average molecular weight is 216 g/mol. The highest BCUT2D eigenvalue weighted by atomic mass is 16.1. The molecule has 1 nitrogen and oxygen atoms in total. The topological polar surface area (TPSA) is 17.1 Å². The molecule has 0 N–H and O–H groups in total. The van der Waals surface area contributed by atoms with Gasteiger partial charge >= 0.3 is 0 Å². The third kappa shape index (κ3) is 4.01. The largest absolute Gasteiger partial charge is 0.300 e. The molecule has 16 heavy (non-hydrogen) atoms. The molecule has 0 aliphatic carbocycles. The summed E-state index contributed by atoms with van der Waals surface area (Å²) in [4.78, 5) is 11.2. The Labute approximate surface area is 98.2 Å². The van der Waals surface area contributed by atoms with Crippen LogP contribution < -0.4 is 0 Å². The Balaban J connectivity index is 2.54. The molecule has 1 unspecified atom stereocenters. The highest BCUT2D eigenvalue weighted by molar-refractivity contribution is 5.78. The maximum absolute atomic E-state index is 11.2. The highest BCUT2D eigenvalue weighted by Crippen LogP contribution is 2.12. The number of allylic oxidation sites excluding steroid dienone is 1. The van der Waals surface area contributed by atoms with E-state index in [4.69, 9.17) is 0 Å². The fourth-order valence-electron chi connectivity index (χ4n) is 1.67. The molecule has 0 saturated heterocycles. The number of carbonyl (C=O) groups excluding carboxylic acids is 1. The van der Waals surface area contributed by atoms with Crippen LogP contribution >= 0.6 is 0 Å². The maximum atomic E-state index is 11.2. The van der Waals surface area contributed by atoms with Gasteiger partial charge in [0.05, 0.1) is 0 Å². The summed E-state index contributed by atoms with van der Waals surface area (Å²) >= 11 is 0. The van der Waals surface area contributed by atoms with Crippen molar-refractivity contribution in [3.05, 3.63) is 41.5 Å². The van der Waals surface area contributed by atoms with Gasteiger partial charge in [0.1, 0.15) is 5.78 Å². The van der Waals surface area contributed by atoms with Crippen LogP contribution in [0.3, 0.4) is 0 Å². The second kappa shape index (κ2) is 6.26. The van der Waals surface area contributed by atoms with E-state index in [1.807, 2.05) is 0 Å². The predicted molar refractivity (Wildman–Crippen MR) is 69.3 cm³/mol. The van der Waals surface area contributed by atoms with Gasteiger partial charge in [0.15, 0.2) is 0 Å². The minimum atomic E-state index is 0.182. The van der Waals surface area contributed by atoms with Crippen molar-refractivity contribution in [2.24, 2.45) is 5.92 Å². The number of hydrogen-bond acceptors (Lipinski definition) is 1. The van der Waals surface area contributed by atoms with E-state index in [2.05, 4.69) is 50.3 Å². The molecule has 86 valence electrons. The van der Waals surface area contributed by atoms with Gasteiger partial charge in [0.25, 0.3) is 0 Å². The van der Waals surface area contributed by atoms with Crippen LogP contribution in [0.5, 0.6) is 0 Å². The highest BCUT2D eigenvalue weighted by Gasteiger charge is 2.08. The molecule has 0 fully saturated rings. The van der Waals surface area contributed by atoms with Crippen molar-refractivity contribution < 1.29 is 4.79 Å². The average Bonchev–Trinajstić information content (AvgIpc) is 2.26. The first-order valence-electron chi connectivity index (χ1n) is 5.87. The van der Waals surface area contributed by atoms with Gasteiger partial charge in [-0.15, -0.1) is 0 Å². The minimum absolute atomic E-state index is 0.182. The van der Waals surface area contributed by atoms with Gasteiger partial charge in [-0.1, -0.05) is 48.9 Å². The second-order valence-electron chi connectivity index (χ2n) is 4.26. The van der Waals surface area contributed by atoms with Crippen molar-refractivity contribution in [2.75, 3.05) is 0 Å². The zero-order valence-electron chi connectivity index (χ0n) is 10.4. The van der Waals surface area contributed by atoms with Gasteiger partial charge in [-0.25, -0.2) is 0 Å². The van der Waals surface area contributed by atoms with Gasteiger partial charge in [-0.3, -0.25) is 4.79 Å². The smallest absolute Gasteiger partial charge is 0.133 e. The molecule has 0 radical (unpaired) electrons. The van der Waals surface area contributed by atoms with Crippen LogP contribution in [-0.4, -0.2) is 5.78 Å². The molecular weight excluding hydrogens is 196 g/mol. The lowest BCUT2D eigenvalue weighted by atomic mass is 9.97. The molecular formula is C15H20O. The Hall–Kier alpha value is -1.37. The first-order valence-corrected chi connectivity index (χ1v) is 5.87. The van der Waals surface area contributed by atoms with E-state index >= 15 is 0 Å². The maximum Gasteiger partial charge on any atom is 0.133 e. The molecule has 0 aliphatic rings. The number of benzene rings is 1. The zero-order valence-corrected chi connectivity index (χ0v) is 10.4. The second-order valence-corrected chi connectivity index (χ2v) is 4.26. The predicted octanol–water partition coefficient (Wildman–Crippen LogP) is 4.01. The van der Waals surface area contributed by atoms with Crippen LogP contribution in [0.25, 0.3) is 6.08 Å².